The molecule has 2 aliphatic carbocycles. The number of hydrogen-bond donors (Lipinski definition) is 0. The molecule has 0 aromatic heterocycles. The predicted molar refractivity (Wildman–Crippen MR) is 81.9 cm³/mol. The van der Waals surface area contributed by atoms with E-state index in [9.17, 15) is 8.42 Å². The molecule has 0 spiro atoms. The molecule has 0 aromatic rings. The SMILES string of the molecule is CC1(S(=O)(=O)N2CCCC3CCCCC32)C=CC=CC1. The van der Waals surface area contributed by atoms with E-state index < -0.39 is 14.8 Å². The van der Waals surface area contributed by atoms with Crippen LogP contribution >= 0.6 is 0 Å². The lowest BCUT2D eigenvalue weighted by molar-refractivity contribution is 0.127. The van der Waals surface area contributed by atoms with E-state index in [4.69, 9.17) is 0 Å². The molecule has 0 aromatic carbocycles. The molecule has 2 fully saturated rings. The Balaban J connectivity index is 1.90. The van der Waals surface area contributed by atoms with Crippen molar-refractivity contribution in [3.8, 4) is 0 Å². The molecule has 4 heteroatoms. The highest BCUT2D eigenvalue weighted by Gasteiger charge is 2.47. The third-order valence-corrected chi connectivity index (χ3v) is 7.86. The molecule has 3 atom stereocenters. The molecule has 112 valence electrons. The number of fused-ring (bicyclic) bond motifs is 1. The lowest BCUT2D eigenvalue weighted by atomic mass is 9.79. The predicted octanol–water partition coefficient (Wildman–Crippen LogP) is 3.25. The topological polar surface area (TPSA) is 37.4 Å². The Morgan fingerprint density at radius 3 is 2.60 bits per heavy atom. The Kier molecular flexibility index (Phi) is 3.80. The number of rotatable bonds is 2. The van der Waals surface area contributed by atoms with Gasteiger partial charge in [0.1, 0.15) is 4.75 Å². The van der Waals surface area contributed by atoms with E-state index in [1.54, 1.807) is 0 Å². The van der Waals surface area contributed by atoms with Crippen LogP contribution in [0.5, 0.6) is 0 Å². The van der Waals surface area contributed by atoms with Crippen molar-refractivity contribution in [2.24, 2.45) is 5.92 Å². The highest BCUT2D eigenvalue weighted by atomic mass is 32.2. The van der Waals surface area contributed by atoms with Gasteiger partial charge in [-0.25, -0.2) is 8.42 Å². The van der Waals surface area contributed by atoms with Gasteiger partial charge in [-0.3, -0.25) is 0 Å². The Hall–Kier alpha value is -0.610. The normalized spacial score (nSPS) is 38.6. The first-order valence-corrected chi connectivity index (χ1v) is 9.34. The summed E-state index contributed by atoms with van der Waals surface area (Å²) in [6.07, 6.45) is 15.2. The molecule has 20 heavy (non-hydrogen) atoms. The zero-order chi connectivity index (χ0) is 14.2. The van der Waals surface area contributed by atoms with Gasteiger partial charge in [0, 0.05) is 12.6 Å². The van der Waals surface area contributed by atoms with E-state index in [0.717, 1.165) is 19.4 Å². The minimum atomic E-state index is -3.26. The van der Waals surface area contributed by atoms with Gasteiger partial charge in [-0.1, -0.05) is 37.1 Å². The summed E-state index contributed by atoms with van der Waals surface area (Å²) in [5, 5.41) is 0. The first-order valence-electron chi connectivity index (χ1n) is 7.90. The van der Waals surface area contributed by atoms with E-state index in [0.29, 0.717) is 12.3 Å². The lowest BCUT2D eigenvalue weighted by Gasteiger charge is -2.46. The van der Waals surface area contributed by atoms with Crippen LogP contribution in [-0.4, -0.2) is 30.1 Å². The molecule has 0 N–H and O–H groups in total. The second-order valence-corrected chi connectivity index (χ2v) is 9.03. The van der Waals surface area contributed by atoms with Crippen LogP contribution in [0.1, 0.15) is 51.9 Å². The second kappa shape index (κ2) is 5.30. The number of hydrogen-bond acceptors (Lipinski definition) is 2. The fourth-order valence-electron chi connectivity index (χ4n) is 4.04. The Morgan fingerprint density at radius 2 is 1.85 bits per heavy atom. The van der Waals surface area contributed by atoms with Crippen LogP contribution in [-0.2, 0) is 10.0 Å². The zero-order valence-corrected chi connectivity index (χ0v) is 13.1. The van der Waals surface area contributed by atoms with Crippen molar-refractivity contribution in [2.75, 3.05) is 6.54 Å². The summed E-state index contributed by atoms with van der Waals surface area (Å²) in [7, 11) is -3.26. The summed E-state index contributed by atoms with van der Waals surface area (Å²) in [5.41, 5.74) is 0. The van der Waals surface area contributed by atoms with Gasteiger partial charge in [0.2, 0.25) is 10.0 Å². The summed E-state index contributed by atoms with van der Waals surface area (Å²) in [6.45, 7) is 2.59. The number of allylic oxidation sites excluding steroid dienone is 3. The summed E-state index contributed by atoms with van der Waals surface area (Å²) in [6, 6.07) is 0.263. The molecule has 1 saturated heterocycles. The molecule has 0 amide bonds. The Morgan fingerprint density at radius 1 is 1.10 bits per heavy atom. The van der Waals surface area contributed by atoms with Crippen molar-refractivity contribution >= 4 is 10.0 Å². The molecule has 3 nitrogen and oxygen atoms in total. The average molecular weight is 295 g/mol. The van der Waals surface area contributed by atoms with E-state index in [2.05, 4.69) is 0 Å². The Bertz CT molecular complexity index is 521. The van der Waals surface area contributed by atoms with Crippen LogP contribution in [0.15, 0.2) is 24.3 Å². The minimum Gasteiger partial charge on any atom is -0.211 e. The molecule has 1 aliphatic heterocycles. The fourth-order valence-corrected chi connectivity index (χ4v) is 6.14. The van der Waals surface area contributed by atoms with Crippen LogP contribution < -0.4 is 0 Å². The smallest absolute Gasteiger partial charge is 0.211 e. The van der Waals surface area contributed by atoms with Gasteiger partial charge in [0.05, 0.1) is 0 Å². The molecule has 3 rings (SSSR count). The molecule has 0 radical (unpaired) electrons. The second-order valence-electron chi connectivity index (χ2n) is 6.67. The average Bonchev–Trinajstić information content (AvgIpc) is 2.47. The number of piperidine rings is 1. The Labute approximate surface area is 122 Å². The van der Waals surface area contributed by atoms with E-state index in [-0.39, 0.29) is 6.04 Å². The van der Waals surface area contributed by atoms with Crippen LogP contribution in [0.3, 0.4) is 0 Å². The summed E-state index contributed by atoms with van der Waals surface area (Å²) >= 11 is 0. The van der Waals surface area contributed by atoms with Crippen molar-refractivity contribution in [3.05, 3.63) is 24.3 Å². The van der Waals surface area contributed by atoms with Gasteiger partial charge in [-0.15, -0.1) is 0 Å². The standard InChI is InChI=1S/C16H25NO2S/c1-16(11-5-2-6-12-16)20(18,19)17-13-7-9-14-8-3-4-10-15(14)17/h2,5-6,11,14-15H,3-4,7-10,12-13H2,1H3. The molecule has 3 unspecified atom stereocenters. The van der Waals surface area contributed by atoms with Crippen molar-refractivity contribution in [3.63, 3.8) is 0 Å². The van der Waals surface area contributed by atoms with E-state index in [1.807, 2.05) is 35.5 Å². The molecular formula is C16H25NO2S. The number of nitrogens with zero attached hydrogens (tertiary/aromatic N) is 1. The maximum Gasteiger partial charge on any atom is 0.223 e. The molecule has 1 heterocycles. The van der Waals surface area contributed by atoms with Crippen molar-refractivity contribution in [1.82, 2.24) is 4.31 Å². The largest absolute Gasteiger partial charge is 0.223 e. The highest BCUT2D eigenvalue weighted by Crippen LogP contribution is 2.40. The van der Waals surface area contributed by atoms with E-state index in [1.165, 1.54) is 25.7 Å². The van der Waals surface area contributed by atoms with Crippen molar-refractivity contribution in [1.29, 1.82) is 0 Å². The highest BCUT2D eigenvalue weighted by molar-refractivity contribution is 7.90. The minimum absolute atomic E-state index is 0.263. The van der Waals surface area contributed by atoms with Crippen LogP contribution in [0.25, 0.3) is 0 Å². The van der Waals surface area contributed by atoms with E-state index >= 15 is 0 Å². The first-order chi connectivity index (χ1) is 9.55. The van der Waals surface area contributed by atoms with Crippen LogP contribution in [0, 0.1) is 5.92 Å². The fraction of sp³-hybridized carbons (Fsp3) is 0.750. The van der Waals surface area contributed by atoms with Gasteiger partial charge in [-0.2, -0.15) is 4.31 Å². The van der Waals surface area contributed by atoms with Gasteiger partial charge < -0.3 is 0 Å². The van der Waals surface area contributed by atoms with Crippen LogP contribution in [0.2, 0.25) is 0 Å². The van der Waals surface area contributed by atoms with Gasteiger partial charge in [0.15, 0.2) is 0 Å². The maximum atomic E-state index is 13.2. The molecule has 1 saturated carbocycles. The number of sulfonamides is 1. The molecule has 0 bridgehead atoms. The third kappa shape index (κ3) is 2.27. The summed E-state index contributed by atoms with van der Waals surface area (Å²) in [5.74, 6) is 0.596. The van der Waals surface area contributed by atoms with Crippen molar-refractivity contribution < 1.29 is 8.42 Å². The van der Waals surface area contributed by atoms with Crippen LogP contribution in [0.4, 0.5) is 0 Å². The zero-order valence-electron chi connectivity index (χ0n) is 12.3. The maximum absolute atomic E-state index is 13.2. The molecular weight excluding hydrogens is 270 g/mol. The van der Waals surface area contributed by atoms with Gasteiger partial charge in [0.25, 0.3) is 0 Å². The third-order valence-electron chi connectivity index (χ3n) is 5.31. The first kappa shape index (κ1) is 14.3. The quantitative estimate of drug-likeness (QED) is 0.784. The van der Waals surface area contributed by atoms with Gasteiger partial charge >= 0.3 is 0 Å². The lowest BCUT2D eigenvalue weighted by Crippen LogP contribution is -2.55. The monoisotopic (exact) mass is 295 g/mol. The van der Waals surface area contributed by atoms with Gasteiger partial charge in [-0.05, 0) is 44.9 Å². The summed E-state index contributed by atoms with van der Waals surface area (Å²) in [4.78, 5) is 0. The molecule has 3 aliphatic rings. The van der Waals surface area contributed by atoms with Crippen molar-refractivity contribution in [2.45, 2.75) is 62.7 Å². The summed E-state index contributed by atoms with van der Waals surface area (Å²) < 4.78 is 27.4.